The van der Waals surface area contributed by atoms with Crippen molar-refractivity contribution in [1.82, 2.24) is 4.72 Å². The van der Waals surface area contributed by atoms with Crippen molar-refractivity contribution in [3.8, 4) is 0 Å². The first-order valence-corrected chi connectivity index (χ1v) is 6.23. The van der Waals surface area contributed by atoms with Gasteiger partial charge in [-0.1, -0.05) is 0 Å². The molecule has 0 aromatic heterocycles. The van der Waals surface area contributed by atoms with Crippen molar-refractivity contribution in [2.75, 3.05) is 5.23 Å². The largest absolute Gasteiger partial charge is 0.733 e. The lowest BCUT2D eigenvalue weighted by Crippen LogP contribution is -2.38. The Kier molecular flexibility index (Phi) is 4.24. The minimum absolute atomic E-state index is 0.139. The highest BCUT2D eigenvalue weighted by atomic mass is 32.2. The first-order valence-electron chi connectivity index (χ1n) is 4.75. The maximum absolute atomic E-state index is 11.7. The van der Waals surface area contributed by atoms with Gasteiger partial charge in [-0.15, -0.1) is 0 Å². The number of rotatable bonds is 5. The van der Waals surface area contributed by atoms with Crippen LogP contribution < -0.4 is 9.95 Å². The molecule has 0 fully saturated rings. The molecule has 1 unspecified atom stereocenters. The quantitative estimate of drug-likeness (QED) is 0.651. The lowest BCUT2D eigenvalue weighted by Gasteiger charge is -2.21. The molecule has 18 heavy (non-hydrogen) atoms. The van der Waals surface area contributed by atoms with E-state index in [4.69, 9.17) is 10.3 Å². The molecule has 0 spiro atoms. The average Bonchev–Trinajstić information content (AvgIpc) is 2.28. The molecule has 0 radical (unpaired) electrons. The second-order valence-corrected chi connectivity index (χ2v) is 5.16. The van der Waals surface area contributed by atoms with Crippen molar-refractivity contribution in [3.63, 3.8) is 0 Å². The molecule has 0 heterocycles. The van der Waals surface area contributed by atoms with Crippen molar-refractivity contribution in [1.29, 1.82) is 0 Å². The number of aliphatic carboxylic acids is 1. The number of anilines is 1. The van der Waals surface area contributed by atoms with Crippen LogP contribution in [0.1, 0.15) is 6.92 Å². The van der Waals surface area contributed by atoms with E-state index >= 15 is 0 Å². The van der Waals surface area contributed by atoms with Crippen LogP contribution in [-0.4, -0.2) is 30.7 Å². The smallest absolute Gasteiger partial charge is 0.321 e. The van der Waals surface area contributed by atoms with Gasteiger partial charge in [-0.3, -0.25) is 10.0 Å². The Morgan fingerprint density at radius 2 is 1.89 bits per heavy atom. The van der Waals surface area contributed by atoms with Crippen molar-refractivity contribution >= 4 is 21.7 Å². The Bertz CT molecular complexity index is 524. The summed E-state index contributed by atoms with van der Waals surface area (Å²) in [6, 6.07) is 3.06. The Labute approximate surface area is 103 Å². The lowest BCUT2D eigenvalue weighted by molar-refractivity contribution is -0.138. The molecule has 1 rings (SSSR count). The molecule has 0 aliphatic rings. The van der Waals surface area contributed by atoms with E-state index in [2.05, 4.69) is 0 Å². The fourth-order valence-electron chi connectivity index (χ4n) is 1.10. The fraction of sp³-hybridized carbons (Fsp3) is 0.222. The molecule has 1 aromatic rings. The van der Waals surface area contributed by atoms with E-state index in [1.807, 2.05) is 4.72 Å². The van der Waals surface area contributed by atoms with E-state index in [-0.39, 0.29) is 10.6 Å². The van der Waals surface area contributed by atoms with Crippen LogP contribution in [0.2, 0.25) is 0 Å². The van der Waals surface area contributed by atoms with Gasteiger partial charge in [0.2, 0.25) is 10.0 Å². The lowest BCUT2D eigenvalue weighted by atomic mass is 10.3. The molecular formula is C9H11N2O6S-. The molecular weight excluding hydrogens is 264 g/mol. The van der Waals surface area contributed by atoms with Gasteiger partial charge < -0.3 is 15.5 Å². The summed E-state index contributed by atoms with van der Waals surface area (Å²) in [6.45, 7) is 1.18. The monoisotopic (exact) mass is 275 g/mol. The van der Waals surface area contributed by atoms with Crippen molar-refractivity contribution in [2.24, 2.45) is 0 Å². The van der Waals surface area contributed by atoms with Gasteiger partial charge in [-0.05, 0) is 31.2 Å². The summed E-state index contributed by atoms with van der Waals surface area (Å²) in [5.74, 6) is -1.31. The highest BCUT2D eigenvalue weighted by molar-refractivity contribution is 7.89. The van der Waals surface area contributed by atoms with Crippen molar-refractivity contribution in [2.45, 2.75) is 17.9 Å². The highest BCUT2D eigenvalue weighted by Gasteiger charge is 2.21. The topological polar surface area (TPSA) is 130 Å². The molecule has 100 valence electrons. The first kappa shape index (κ1) is 14.4. The average molecular weight is 275 g/mol. The number of carboxylic acids is 1. The third-order valence-corrected chi connectivity index (χ3v) is 3.63. The predicted molar refractivity (Wildman–Crippen MR) is 61.5 cm³/mol. The molecule has 1 aromatic carbocycles. The Morgan fingerprint density at radius 3 is 2.28 bits per heavy atom. The van der Waals surface area contributed by atoms with Crippen LogP contribution in [0.4, 0.5) is 5.69 Å². The van der Waals surface area contributed by atoms with E-state index in [1.165, 1.54) is 6.92 Å². The molecule has 8 nitrogen and oxygen atoms in total. The molecule has 0 saturated heterocycles. The molecule has 0 aliphatic carbocycles. The number of nitrogens with zero attached hydrogens (tertiary/aromatic N) is 1. The number of carbonyl (C=O) groups is 1. The van der Waals surface area contributed by atoms with E-state index in [1.54, 1.807) is 0 Å². The van der Waals surface area contributed by atoms with E-state index < -0.39 is 27.3 Å². The Balaban J connectivity index is 2.95. The van der Waals surface area contributed by atoms with Gasteiger partial charge in [0.25, 0.3) is 0 Å². The summed E-state index contributed by atoms with van der Waals surface area (Å²) in [5.41, 5.74) is -0.139. The Morgan fingerprint density at radius 1 is 1.39 bits per heavy atom. The number of nitrogens with one attached hydrogen (secondary N) is 1. The minimum atomic E-state index is -3.98. The van der Waals surface area contributed by atoms with E-state index in [9.17, 15) is 18.4 Å². The van der Waals surface area contributed by atoms with Crippen LogP contribution in [0.15, 0.2) is 29.2 Å². The number of carboxylic acid groups (broad SMARTS) is 1. The number of hydrogen-bond donors (Lipinski definition) is 3. The van der Waals surface area contributed by atoms with Gasteiger partial charge in [0.15, 0.2) is 0 Å². The standard InChI is InChI=1S/C9H11N2O6S/c1-6(9(12)13)10-18(16,17)8-4-2-7(3-5-8)11(14)15/h2-6,10,14H,1H3,(H,12,13)/q-1. The first-order chi connectivity index (χ1) is 8.24. The molecule has 0 amide bonds. The zero-order valence-corrected chi connectivity index (χ0v) is 10.1. The van der Waals surface area contributed by atoms with Crippen LogP contribution in [0.3, 0.4) is 0 Å². The minimum Gasteiger partial charge on any atom is -0.733 e. The molecule has 0 bridgehead atoms. The third kappa shape index (κ3) is 3.40. The SMILES string of the molecule is CC(NS(=O)(=O)c1ccc(N([O-])O)cc1)C(=O)O. The van der Waals surface area contributed by atoms with Gasteiger partial charge in [-0.2, -0.15) is 4.72 Å². The highest BCUT2D eigenvalue weighted by Crippen LogP contribution is 2.16. The van der Waals surface area contributed by atoms with Gasteiger partial charge in [0.05, 0.1) is 10.6 Å². The van der Waals surface area contributed by atoms with Gasteiger partial charge >= 0.3 is 5.97 Å². The van der Waals surface area contributed by atoms with Crippen LogP contribution in [-0.2, 0) is 14.8 Å². The molecule has 9 heteroatoms. The number of hydrogen-bond acceptors (Lipinski definition) is 6. The van der Waals surface area contributed by atoms with Gasteiger partial charge in [0, 0.05) is 0 Å². The zero-order valence-electron chi connectivity index (χ0n) is 9.27. The summed E-state index contributed by atoms with van der Waals surface area (Å²) in [4.78, 5) is 10.3. The maximum atomic E-state index is 11.7. The van der Waals surface area contributed by atoms with Crippen LogP contribution in [0.5, 0.6) is 0 Å². The van der Waals surface area contributed by atoms with Gasteiger partial charge in [0.1, 0.15) is 6.04 Å². The van der Waals surface area contributed by atoms with Crippen molar-refractivity contribution < 1.29 is 23.5 Å². The van der Waals surface area contributed by atoms with E-state index in [0.717, 1.165) is 24.3 Å². The fourth-order valence-corrected chi connectivity index (χ4v) is 2.30. The summed E-state index contributed by atoms with van der Waals surface area (Å²) in [7, 11) is -3.98. The Hall–Kier alpha value is -1.68. The van der Waals surface area contributed by atoms with Crippen LogP contribution >= 0.6 is 0 Å². The van der Waals surface area contributed by atoms with Gasteiger partial charge in [-0.25, -0.2) is 8.42 Å². The molecule has 0 aliphatic heterocycles. The maximum Gasteiger partial charge on any atom is 0.321 e. The van der Waals surface area contributed by atoms with E-state index in [0.29, 0.717) is 0 Å². The summed E-state index contributed by atoms with van der Waals surface area (Å²) in [5, 5.41) is 27.3. The summed E-state index contributed by atoms with van der Waals surface area (Å²) >= 11 is 0. The van der Waals surface area contributed by atoms with Crippen LogP contribution in [0, 0.1) is 5.21 Å². The normalized spacial score (nSPS) is 13.1. The number of benzene rings is 1. The predicted octanol–water partition coefficient (Wildman–Crippen LogP) is 0.131. The second-order valence-electron chi connectivity index (χ2n) is 3.45. The third-order valence-electron chi connectivity index (χ3n) is 2.07. The molecule has 0 saturated carbocycles. The zero-order chi connectivity index (χ0) is 13.9. The molecule has 3 N–H and O–H groups in total. The van der Waals surface area contributed by atoms with Crippen LogP contribution in [0.25, 0.3) is 0 Å². The second kappa shape index (κ2) is 5.31. The van der Waals surface area contributed by atoms with Crippen molar-refractivity contribution in [3.05, 3.63) is 29.5 Å². The number of sulfonamides is 1. The summed E-state index contributed by atoms with van der Waals surface area (Å²) < 4.78 is 25.3. The molecule has 1 atom stereocenters. The summed E-state index contributed by atoms with van der Waals surface area (Å²) in [6.07, 6.45) is 0.